The van der Waals surface area contributed by atoms with Crippen LogP contribution >= 0.6 is 0 Å². The van der Waals surface area contributed by atoms with E-state index in [1.807, 2.05) is 9.97 Å². The average molecular weight is 315 g/mol. The SMILES string of the molecule is Nc1c(-c2n[nH]c(=O)[nH]c2=O)cccc1-c1n[nH]c(=O)[nH]c1=O. The van der Waals surface area contributed by atoms with E-state index < -0.39 is 22.5 Å². The summed E-state index contributed by atoms with van der Waals surface area (Å²) in [6, 6.07) is 4.52. The molecule has 2 heterocycles. The average Bonchev–Trinajstić information content (AvgIpc) is 2.49. The molecule has 3 aromatic rings. The molecular formula is C12H9N7O4. The van der Waals surface area contributed by atoms with E-state index in [0.29, 0.717) is 0 Å². The first-order valence-electron chi connectivity index (χ1n) is 6.24. The summed E-state index contributed by atoms with van der Waals surface area (Å²) in [5.74, 6) is 0. The first-order chi connectivity index (χ1) is 11.0. The lowest BCUT2D eigenvalue weighted by Crippen LogP contribution is -2.26. The summed E-state index contributed by atoms with van der Waals surface area (Å²) in [6.45, 7) is 0. The first-order valence-corrected chi connectivity index (χ1v) is 6.24. The number of aromatic amines is 4. The number of H-pyrrole nitrogens is 4. The molecule has 0 fully saturated rings. The topological polar surface area (TPSA) is 183 Å². The van der Waals surface area contributed by atoms with Crippen LogP contribution in [0.2, 0.25) is 0 Å². The van der Waals surface area contributed by atoms with Gasteiger partial charge in [0, 0.05) is 11.1 Å². The molecule has 0 unspecified atom stereocenters. The van der Waals surface area contributed by atoms with Crippen LogP contribution in [0, 0.1) is 0 Å². The van der Waals surface area contributed by atoms with E-state index in [0.717, 1.165) is 0 Å². The molecule has 2 aromatic heterocycles. The molecule has 23 heavy (non-hydrogen) atoms. The second-order valence-electron chi connectivity index (χ2n) is 4.48. The number of nitrogen functional groups attached to an aromatic ring is 1. The Morgan fingerprint density at radius 3 is 1.61 bits per heavy atom. The van der Waals surface area contributed by atoms with Crippen molar-refractivity contribution in [1.29, 1.82) is 0 Å². The van der Waals surface area contributed by atoms with Crippen LogP contribution in [0.4, 0.5) is 5.69 Å². The van der Waals surface area contributed by atoms with Gasteiger partial charge in [0.1, 0.15) is 0 Å². The van der Waals surface area contributed by atoms with Crippen LogP contribution in [0.5, 0.6) is 0 Å². The normalized spacial score (nSPS) is 10.6. The van der Waals surface area contributed by atoms with E-state index in [2.05, 4.69) is 20.4 Å². The molecule has 0 aliphatic carbocycles. The summed E-state index contributed by atoms with van der Waals surface area (Å²) in [6.07, 6.45) is 0. The summed E-state index contributed by atoms with van der Waals surface area (Å²) >= 11 is 0. The Labute approximate surface area is 125 Å². The van der Waals surface area contributed by atoms with Gasteiger partial charge >= 0.3 is 11.4 Å². The van der Waals surface area contributed by atoms with E-state index in [4.69, 9.17) is 5.73 Å². The lowest BCUT2D eigenvalue weighted by Gasteiger charge is -2.08. The molecular weight excluding hydrogens is 306 g/mol. The molecule has 0 amide bonds. The molecule has 0 aliphatic heterocycles. The highest BCUT2D eigenvalue weighted by molar-refractivity contribution is 5.85. The van der Waals surface area contributed by atoms with Crippen molar-refractivity contribution in [2.75, 3.05) is 5.73 Å². The van der Waals surface area contributed by atoms with E-state index >= 15 is 0 Å². The van der Waals surface area contributed by atoms with Crippen LogP contribution in [-0.2, 0) is 0 Å². The third-order valence-electron chi connectivity index (χ3n) is 3.04. The van der Waals surface area contributed by atoms with Gasteiger partial charge in [-0.1, -0.05) is 18.2 Å². The number of nitrogens with zero attached hydrogens (tertiary/aromatic N) is 2. The van der Waals surface area contributed by atoms with Crippen molar-refractivity contribution in [3.8, 4) is 22.5 Å². The Balaban J connectivity index is 2.27. The number of anilines is 1. The summed E-state index contributed by atoms with van der Waals surface area (Å²) in [7, 11) is 0. The van der Waals surface area contributed by atoms with Crippen molar-refractivity contribution in [2.24, 2.45) is 0 Å². The van der Waals surface area contributed by atoms with Crippen LogP contribution in [0.1, 0.15) is 0 Å². The number of nitrogens with two attached hydrogens (primary N) is 1. The number of rotatable bonds is 2. The summed E-state index contributed by atoms with van der Waals surface area (Å²) < 4.78 is 0. The molecule has 1 aromatic carbocycles. The largest absolute Gasteiger partial charge is 0.398 e. The third kappa shape index (κ3) is 2.46. The Bertz CT molecular complexity index is 1040. The van der Waals surface area contributed by atoms with Crippen LogP contribution in [0.25, 0.3) is 22.5 Å². The molecule has 11 heteroatoms. The van der Waals surface area contributed by atoms with Crippen molar-refractivity contribution in [3.05, 3.63) is 59.9 Å². The Morgan fingerprint density at radius 1 is 0.783 bits per heavy atom. The maximum atomic E-state index is 11.8. The third-order valence-corrected chi connectivity index (χ3v) is 3.04. The predicted molar refractivity (Wildman–Crippen MR) is 79.8 cm³/mol. The first kappa shape index (κ1) is 14.2. The lowest BCUT2D eigenvalue weighted by atomic mass is 10.0. The fraction of sp³-hybridized carbons (Fsp3) is 0. The minimum absolute atomic E-state index is 0.0441. The minimum atomic E-state index is -0.757. The Hall–Kier alpha value is -3.76. The standard InChI is InChI=1S/C12H9N7O4/c13-6-4(7-9(20)14-11(22)18-16-7)2-1-3-5(6)8-10(21)15-12(23)19-17-8/h1-3H,13H2,(H2,14,18,20,22)(H2,15,19,21,23). The van der Waals surface area contributed by atoms with Gasteiger partial charge in [-0.05, 0) is 0 Å². The number of hydrogen-bond acceptors (Lipinski definition) is 7. The maximum absolute atomic E-state index is 11.8. The lowest BCUT2D eigenvalue weighted by molar-refractivity contribution is 0.895. The summed E-state index contributed by atoms with van der Waals surface area (Å²) in [4.78, 5) is 49.8. The molecule has 6 N–H and O–H groups in total. The quantitative estimate of drug-likeness (QED) is 0.343. The Kier molecular flexibility index (Phi) is 3.22. The van der Waals surface area contributed by atoms with Gasteiger partial charge in [-0.15, -0.1) is 0 Å². The second-order valence-corrected chi connectivity index (χ2v) is 4.48. The number of hydrogen-bond donors (Lipinski definition) is 5. The number of benzene rings is 1. The number of nitrogens with one attached hydrogen (secondary N) is 4. The Morgan fingerprint density at radius 2 is 1.22 bits per heavy atom. The molecule has 3 rings (SSSR count). The molecule has 0 aliphatic rings. The molecule has 0 spiro atoms. The second kappa shape index (κ2) is 5.22. The molecule has 0 saturated carbocycles. The smallest absolute Gasteiger partial charge is 0.342 e. The zero-order valence-electron chi connectivity index (χ0n) is 11.3. The van der Waals surface area contributed by atoms with Crippen LogP contribution < -0.4 is 28.2 Å². The number of para-hydroxylation sites is 1. The van der Waals surface area contributed by atoms with Crippen molar-refractivity contribution in [1.82, 2.24) is 30.4 Å². The fourth-order valence-electron chi connectivity index (χ4n) is 2.04. The molecule has 11 nitrogen and oxygen atoms in total. The van der Waals surface area contributed by atoms with E-state index in [1.54, 1.807) is 0 Å². The van der Waals surface area contributed by atoms with E-state index in [9.17, 15) is 19.2 Å². The van der Waals surface area contributed by atoms with Crippen molar-refractivity contribution in [3.63, 3.8) is 0 Å². The summed E-state index contributed by atoms with van der Waals surface area (Å²) in [5, 5.41) is 11.5. The van der Waals surface area contributed by atoms with E-state index in [1.165, 1.54) is 18.2 Å². The maximum Gasteiger partial charge on any atom is 0.342 e. The minimum Gasteiger partial charge on any atom is -0.398 e. The van der Waals surface area contributed by atoms with Crippen LogP contribution in [0.15, 0.2) is 37.4 Å². The molecule has 0 bridgehead atoms. The zero-order valence-corrected chi connectivity index (χ0v) is 11.3. The van der Waals surface area contributed by atoms with Crippen LogP contribution in [-0.4, -0.2) is 30.4 Å². The molecule has 0 saturated heterocycles. The predicted octanol–water partition coefficient (Wildman–Crippen LogP) is -1.85. The van der Waals surface area contributed by atoms with Gasteiger partial charge < -0.3 is 5.73 Å². The van der Waals surface area contributed by atoms with Crippen LogP contribution in [0.3, 0.4) is 0 Å². The molecule has 0 atom stereocenters. The van der Waals surface area contributed by atoms with Gasteiger partial charge in [-0.3, -0.25) is 19.6 Å². The monoisotopic (exact) mass is 315 g/mol. The molecule has 0 radical (unpaired) electrons. The van der Waals surface area contributed by atoms with Crippen molar-refractivity contribution < 1.29 is 0 Å². The highest BCUT2D eigenvalue weighted by atomic mass is 16.2. The molecule has 116 valence electrons. The fourth-order valence-corrected chi connectivity index (χ4v) is 2.04. The van der Waals surface area contributed by atoms with E-state index in [-0.39, 0.29) is 28.2 Å². The van der Waals surface area contributed by atoms with Crippen molar-refractivity contribution >= 4 is 5.69 Å². The van der Waals surface area contributed by atoms with Gasteiger partial charge in [0.25, 0.3) is 11.1 Å². The zero-order chi connectivity index (χ0) is 16.6. The van der Waals surface area contributed by atoms with Crippen molar-refractivity contribution in [2.45, 2.75) is 0 Å². The van der Waals surface area contributed by atoms with Gasteiger partial charge in [0.05, 0.1) is 5.69 Å². The van der Waals surface area contributed by atoms with Gasteiger partial charge in [-0.25, -0.2) is 19.8 Å². The van der Waals surface area contributed by atoms with Gasteiger partial charge in [0.15, 0.2) is 11.4 Å². The number of aromatic nitrogens is 6. The van der Waals surface area contributed by atoms with Gasteiger partial charge in [0.2, 0.25) is 0 Å². The van der Waals surface area contributed by atoms with Gasteiger partial charge in [-0.2, -0.15) is 10.2 Å². The summed E-state index contributed by atoms with van der Waals surface area (Å²) in [5.41, 5.74) is 3.21. The highest BCUT2D eigenvalue weighted by Gasteiger charge is 2.16. The highest BCUT2D eigenvalue weighted by Crippen LogP contribution is 2.29.